The van der Waals surface area contributed by atoms with Gasteiger partial charge in [0.2, 0.25) is 0 Å². The standard InChI is InChI=1S/C16H15F2NO/c1-9-6-13(18)11(8-12(9)17)16(19)15-7-10-4-2-3-5-14(10)20-15/h2-6,8,15-16H,7,19H2,1H3. The minimum Gasteiger partial charge on any atom is -0.488 e. The molecule has 104 valence electrons. The lowest BCUT2D eigenvalue weighted by Gasteiger charge is -2.20. The molecule has 1 aliphatic rings. The van der Waals surface area contributed by atoms with Crippen LogP contribution >= 0.6 is 0 Å². The number of rotatable bonds is 2. The number of nitrogens with two attached hydrogens (primary N) is 1. The Kier molecular flexibility index (Phi) is 3.18. The second kappa shape index (κ2) is 4.87. The van der Waals surface area contributed by atoms with E-state index < -0.39 is 17.7 Å². The van der Waals surface area contributed by atoms with Crippen molar-refractivity contribution in [2.75, 3.05) is 0 Å². The van der Waals surface area contributed by atoms with Crippen molar-refractivity contribution in [1.82, 2.24) is 0 Å². The van der Waals surface area contributed by atoms with Gasteiger partial charge in [0.25, 0.3) is 0 Å². The molecule has 0 bridgehead atoms. The topological polar surface area (TPSA) is 35.2 Å². The van der Waals surface area contributed by atoms with Gasteiger partial charge in [-0.15, -0.1) is 0 Å². The third-order valence-corrected chi connectivity index (χ3v) is 3.71. The lowest BCUT2D eigenvalue weighted by atomic mass is 9.97. The molecule has 1 aliphatic heterocycles. The normalized spacial score (nSPS) is 18.5. The molecule has 3 rings (SSSR count). The molecule has 0 saturated carbocycles. The lowest BCUT2D eigenvalue weighted by molar-refractivity contribution is 0.197. The number of hydrogen-bond acceptors (Lipinski definition) is 2. The minimum atomic E-state index is -0.697. The first-order chi connectivity index (χ1) is 9.56. The molecule has 20 heavy (non-hydrogen) atoms. The van der Waals surface area contributed by atoms with Crippen molar-refractivity contribution < 1.29 is 13.5 Å². The fourth-order valence-electron chi connectivity index (χ4n) is 2.53. The predicted octanol–water partition coefficient (Wildman–Crippen LogP) is 3.28. The van der Waals surface area contributed by atoms with Crippen LogP contribution in [-0.2, 0) is 6.42 Å². The van der Waals surface area contributed by atoms with Gasteiger partial charge >= 0.3 is 0 Å². The summed E-state index contributed by atoms with van der Waals surface area (Å²) in [5.41, 5.74) is 7.54. The maximum atomic E-state index is 14.0. The van der Waals surface area contributed by atoms with E-state index in [1.165, 1.54) is 19.1 Å². The monoisotopic (exact) mass is 275 g/mol. The molecule has 0 radical (unpaired) electrons. The van der Waals surface area contributed by atoms with Crippen molar-refractivity contribution in [3.05, 3.63) is 64.7 Å². The van der Waals surface area contributed by atoms with Crippen LogP contribution in [0, 0.1) is 18.6 Å². The Morgan fingerprint density at radius 3 is 2.70 bits per heavy atom. The van der Waals surface area contributed by atoms with E-state index in [1.54, 1.807) is 0 Å². The van der Waals surface area contributed by atoms with Crippen molar-refractivity contribution in [2.24, 2.45) is 5.73 Å². The van der Waals surface area contributed by atoms with E-state index in [0.717, 1.165) is 11.3 Å². The molecule has 2 N–H and O–H groups in total. The van der Waals surface area contributed by atoms with Crippen molar-refractivity contribution in [3.8, 4) is 5.75 Å². The van der Waals surface area contributed by atoms with Crippen LogP contribution in [0.2, 0.25) is 0 Å². The molecule has 4 heteroatoms. The highest BCUT2D eigenvalue weighted by Gasteiger charge is 2.30. The summed E-state index contributed by atoms with van der Waals surface area (Å²) in [5, 5.41) is 0. The van der Waals surface area contributed by atoms with Gasteiger partial charge in [0, 0.05) is 12.0 Å². The first-order valence-corrected chi connectivity index (χ1v) is 6.52. The summed E-state index contributed by atoms with van der Waals surface area (Å²) < 4.78 is 33.3. The Morgan fingerprint density at radius 2 is 1.95 bits per heavy atom. The van der Waals surface area contributed by atoms with Crippen LogP contribution in [0.15, 0.2) is 36.4 Å². The predicted molar refractivity (Wildman–Crippen MR) is 72.6 cm³/mol. The second-order valence-corrected chi connectivity index (χ2v) is 5.12. The first-order valence-electron chi connectivity index (χ1n) is 6.52. The summed E-state index contributed by atoms with van der Waals surface area (Å²) in [6.07, 6.45) is 0.232. The highest BCUT2D eigenvalue weighted by atomic mass is 19.1. The number of ether oxygens (including phenoxy) is 1. The van der Waals surface area contributed by atoms with E-state index in [9.17, 15) is 8.78 Å². The largest absolute Gasteiger partial charge is 0.488 e. The van der Waals surface area contributed by atoms with Gasteiger partial charge in [-0.05, 0) is 36.2 Å². The summed E-state index contributed by atoms with van der Waals surface area (Å²) in [4.78, 5) is 0. The van der Waals surface area contributed by atoms with Crippen LogP contribution in [-0.4, -0.2) is 6.10 Å². The van der Waals surface area contributed by atoms with Crippen LogP contribution in [0.5, 0.6) is 5.75 Å². The summed E-state index contributed by atoms with van der Waals surface area (Å²) in [7, 11) is 0. The average molecular weight is 275 g/mol. The molecular formula is C16H15F2NO. The van der Waals surface area contributed by atoms with Crippen LogP contribution in [0.1, 0.15) is 22.7 Å². The maximum absolute atomic E-state index is 14.0. The fourth-order valence-corrected chi connectivity index (χ4v) is 2.53. The third-order valence-electron chi connectivity index (χ3n) is 3.71. The van der Waals surface area contributed by atoms with Crippen LogP contribution in [0.25, 0.3) is 0 Å². The molecule has 2 aromatic carbocycles. The van der Waals surface area contributed by atoms with Crippen LogP contribution < -0.4 is 10.5 Å². The van der Waals surface area contributed by atoms with Gasteiger partial charge < -0.3 is 10.5 Å². The summed E-state index contributed by atoms with van der Waals surface area (Å²) >= 11 is 0. The van der Waals surface area contributed by atoms with E-state index >= 15 is 0 Å². The van der Waals surface area contributed by atoms with E-state index in [4.69, 9.17) is 10.5 Å². The SMILES string of the molecule is Cc1cc(F)c(C(N)C2Cc3ccccc3O2)cc1F. The molecule has 0 aromatic heterocycles. The molecule has 2 nitrogen and oxygen atoms in total. The highest BCUT2D eigenvalue weighted by molar-refractivity contribution is 5.39. The minimum absolute atomic E-state index is 0.158. The molecule has 2 aromatic rings. The van der Waals surface area contributed by atoms with Gasteiger partial charge in [-0.3, -0.25) is 0 Å². The summed E-state index contributed by atoms with van der Waals surface area (Å²) in [6.45, 7) is 1.52. The average Bonchev–Trinajstić information content (AvgIpc) is 2.86. The van der Waals surface area contributed by atoms with Crippen molar-refractivity contribution in [1.29, 1.82) is 0 Å². The Bertz CT molecular complexity index is 632. The van der Waals surface area contributed by atoms with Gasteiger partial charge in [0.1, 0.15) is 23.5 Å². The van der Waals surface area contributed by atoms with Crippen LogP contribution in [0.4, 0.5) is 8.78 Å². The highest BCUT2D eigenvalue weighted by Crippen LogP contribution is 2.34. The first kappa shape index (κ1) is 13.1. The zero-order chi connectivity index (χ0) is 14.3. The van der Waals surface area contributed by atoms with Crippen molar-refractivity contribution >= 4 is 0 Å². The maximum Gasteiger partial charge on any atom is 0.128 e. The molecule has 0 spiro atoms. The molecule has 2 unspecified atom stereocenters. The second-order valence-electron chi connectivity index (χ2n) is 5.12. The smallest absolute Gasteiger partial charge is 0.128 e. The number of hydrogen-bond donors (Lipinski definition) is 1. The van der Waals surface area contributed by atoms with E-state index in [2.05, 4.69) is 0 Å². The van der Waals surface area contributed by atoms with Crippen molar-refractivity contribution in [2.45, 2.75) is 25.5 Å². The van der Waals surface area contributed by atoms with Gasteiger partial charge in [-0.25, -0.2) is 8.78 Å². The van der Waals surface area contributed by atoms with Gasteiger partial charge in [0.05, 0.1) is 6.04 Å². The zero-order valence-corrected chi connectivity index (χ0v) is 11.1. The summed E-state index contributed by atoms with van der Waals surface area (Å²) in [6, 6.07) is 9.25. The van der Waals surface area contributed by atoms with Gasteiger partial charge in [-0.2, -0.15) is 0 Å². The van der Waals surface area contributed by atoms with Crippen molar-refractivity contribution in [3.63, 3.8) is 0 Å². The number of fused-ring (bicyclic) bond motifs is 1. The zero-order valence-electron chi connectivity index (χ0n) is 11.1. The van der Waals surface area contributed by atoms with Crippen LogP contribution in [0.3, 0.4) is 0 Å². The molecule has 0 saturated heterocycles. The summed E-state index contributed by atoms with van der Waals surface area (Å²) in [5.74, 6) is -0.177. The quantitative estimate of drug-likeness (QED) is 0.913. The Balaban J connectivity index is 1.88. The van der Waals surface area contributed by atoms with Gasteiger partial charge in [-0.1, -0.05) is 18.2 Å². The number of aryl methyl sites for hydroxylation is 1. The molecular weight excluding hydrogens is 260 g/mol. The van der Waals surface area contributed by atoms with Gasteiger partial charge in [0.15, 0.2) is 0 Å². The molecule has 1 heterocycles. The molecule has 2 atom stereocenters. The Hall–Kier alpha value is -1.94. The lowest BCUT2D eigenvalue weighted by Crippen LogP contribution is -2.31. The van der Waals surface area contributed by atoms with E-state index in [-0.39, 0.29) is 17.2 Å². The molecule has 0 amide bonds. The number of halogens is 2. The molecule has 0 fully saturated rings. The Morgan fingerprint density at radius 1 is 1.20 bits per heavy atom. The third kappa shape index (κ3) is 2.16. The number of benzene rings is 2. The Labute approximate surface area is 116 Å². The van der Waals surface area contributed by atoms with E-state index in [1.807, 2.05) is 24.3 Å². The molecule has 0 aliphatic carbocycles. The fraction of sp³-hybridized carbons (Fsp3) is 0.250. The van der Waals surface area contributed by atoms with E-state index in [0.29, 0.717) is 6.42 Å². The number of para-hydroxylation sites is 1.